The largest absolute Gasteiger partial charge is 0.342 e. The summed E-state index contributed by atoms with van der Waals surface area (Å²) >= 11 is 2.85. The lowest BCUT2D eigenvalue weighted by Gasteiger charge is -2.32. The van der Waals surface area contributed by atoms with Crippen LogP contribution in [0.5, 0.6) is 0 Å². The Bertz CT molecular complexity index is 1420. The summed E-state index contributed by atoms with van der Waals surface area (Å²) in [5, 5.41) is 2.85. The maximum absolute atomic E-state index is 14.1. The number of aryl methyl sites for hydroxylation is 1. The first-order chi connectivity index (χ1) is 16.9. The molecule has 0 saturated carbocycles. The Balaban J connectivity index is 1.60. The number of thioether (sulfide) groups is 1. The van der Waals surface area contributed by atoms with Crippen molar-refractivity contribution in [1.82, 2.24) is 14.5 Å². The van der Waals surface area contributed by atoms with E-state index < -0.39 is 0 Å². The number of carbonyl (C=O) groups is 1. The molecule has 0 radical (unpaired) electrons. The summed E-state index contributed by atoms with van der Waals surface area (Å²) in [7, 11) is 0. The van der Waals surface area contributed by atoms with E-state index in [1.807, 2.05) is 78.7 Å². The summed E-state index contributed by atoms with van der Waals surface area (Å²) in [5.74, 6) is 0.777. The standard InChI is InChI=1S/C28H29N3O2S2/c1-18-13-15-30(16-14-18)26(32)20(3)35-28-29-25-24(22(17-34-25)21-10-5-4-6-11-21)27(33)31(28)23-12-8-7-9-19(23)2/h4-12,17-18,20H,13-16H2,1-3H3/t20-/m0/s1. The number of benzene rings is 2. The number of hydrogen-bond acceptors (Lipinski definition) is 5. The van der Waals surface area contributed by atoms with Gasteiger partial charge in [-0.25, -0.2) is 4.98 Å². The first-order valence-corrected chi connectivity index (χ1v) is 13.8. The molecule has 5 nitrogen and oxygen atoms in total. The molecule has 180 valence electrons. The minimum atomic E-state index is -0.336. The number of para-hydroxylation sites is 1. The summed E-state index contributed by atoms with van der Waals surface area (Å²) in [4.78, 5) is 34.9. The Kier molecular flexibility index (Phi) is 6.80. The Morgan fingerprint density at radius 1 is 1.09 bits per heavy atom. The average Bonchev–Trinajstić information content (AvgIpc) is 3.30. The third kappa shape index (κ3) is 4.67. The molecule has 2 aromatic heterocycles. The number of aromatic nitrogens is 2. The molecule has 1 amide bonds. The molecule has 0 N–H and O–H groups in total. The highest BCUT2D eigenvalue weighted by Gasteiger charge is 2.28. The van der Waals surface area contributed by atoms with Gasteiger partial charge < -0.3 is 4.90 Å². The molecule has 1 atom stereocenters. The van der Waals surface area contributed by atoms with Crippen LogP contribution in [-0.4, -0.2) is 38.7 Å². The summed E-state index contributed by atoms with van der Waals surface area (Å²) in [5.41, 5.74) is 3.58. The first kappa shape index (κ1) is 23.8. The third-order valence-corrected chi connectivity index (χ3v) is 8.66. The Hall–Kier alpha value is -2.90. The lowest BCUT2D eigenvalue weighted by molar-refractivity contribution is -0.131. The van der Waals surface area contributed by atoms with Crippen LogP contribution < -0.4 is 5.56 Å². The van der Waals surface area contributed by atoms with Gasteiger partial charge in [-0.1, -0.05) is 67.2 Å². The van der Waals surface area contributed by atoms with Crippen molar-refractivity contribution in [2.75, 3.05) is 13.1 Å². The van der Waals surface area contributed by atoms with Gasteiger partial charge in [0.2, 0.25) is 5.91 Å². The molecule has 0 aliphatic carbocycles. The van der Waals surface area contributed by atoms with Crippen LogP contribution in [-0.2, 0) is 4.79 Å². The van der Waals surface area contributed by atoms with Gasteiger partial charge in [-0.3, -0.25) is 14.2 Å². The molecule has 2 aromatic carbocycles. The minimum Gasteiger partial charge on any atom is -0.342 e. The topological polar surface area (TPSA) is 55.2 Å². The fourth-order valence-electron chi connectivity index (χ4n) is 4.60. The quantitative estimate of drug-likeness (QED) is 0.242. The molecular weight excluding hydrogens is 474 g/mol. The Morgan fingerprint density at radius 3 is 2.49 bits per heavy atom. The van der Waals surface area contributed by atoms with Crippen molar-refractivity contribution in [3.05, 3.63) is 75.9 Å². The molecule has 0 unspecified atom stereocenters. The smallest absolute Gasteiger partial charge is 0.268 e. The summed E-state index contributed by atoms with van der Waals surface area (Å²) in [6, 6.07) is 17.8. The average molecular weight is 504 g/mol. The highest BCUT2D eigenvalue weighted by molar-refractivity contribution is 8.00. The third-order valence-electron chi connectivity index (χ3n) is 6.74. The zero-order valence-electron chi connectivity index (χ0n) is 20.2. The molecule has 4 aromatic rings. The van der Waals surface area contributed by atoms with Gasteiger partial charge in [0.05, 0.1) is 16.3 Å². The molecule has 35 heavy (non-hydrogen) atoms. The molecular formula is C28H29N3O2S2. The molecule has 5 rings (SSSR count). The first-order valence-electron chi connectivity index (χ1n) is 12.0. The van der Waals surface area contributed by atoms with Gasteiger partial charge in [-0.15, -0.1) is 11.3 Å². The van der Waals surface area contributed by atoms with Gasteiger partial charge in [0, 0.05) is 24.0 Å². The number of thiophene rings is 1. The second-order valence-electron chi connectivity index (χ2n) is 9.28. The zero-order chi connectivity index (χ0) is 24.5. The van der Waals surface area contributed by atoms with Crippen LogP contribution in [0.4, 0.5) is 0 Å². The van der Waals surface area contributed by atoms with Crippen LogP contribution in [0, 0.1) is 12.8 Å². The maximum atomic E-state index is 14.1. The highest BCUT2D eigenvalue weighted by Crippen LogP contribution is 2.34. The van der Waals surface area contributed by atoms with Crippen molar-refractivity contribution in [2.24, 2.45) is 5.92 Å². The van der Waals surface area contributed by atoms with Crippen molar-refractivity contribution in [3.63, 3.8) is 0 Å². The molecule has 1 saturated heterocycles. The maximum Gasteiger partial charge on any atom is 0.268 e. The number of nitrogens with zero attached hydrogens (tertiary/aromatic N) is 3. The SMILES string of the molecule is Cc1ccccc1-n1c(S[C@@H](C)C(=O)N2CCC(C)CC2)nc2scc(-c3ccccc3)c2c1=O. The number of hydrogen-bond donors (Lipinski definition) is 0. The van der Waals surface area contributed by atoms with Crippen LogP contribution in [0.1, 0.15) is 32.3 Å². The van der Waals surface area contributed by atoms with Crippen molar-refractivity contribution in [1.29, 1.82) is 0 Å². The van der Waals surface area contributed by atoms with E-state index in [1.54, 1.807) is 4.57 Å². The van der Waals surface area contributed by atoms with Crippen LogP contribution in [0.25, 0.3) is 27.0 Å². The van der Waals surface area contributed by atoms with Gasteiger partial charge in [0.1, 0.15) is 4.83 Å². The molecule has 0 bridgehead atoms. The minimum absolute atomic E-state index is 0.0988. The number of carbonyl (C=O) groups excluding carboxylic acids is 1. The van der Waals surface area contributed by atoms with E-state index in [1.165, 1.54) is 23.1 Å². The molecule has 1 aliphatic heterocycles. The lowest BCUT2D eigenvalue weighted by atomic mass is 9.99. The second kappa shape index (κ2) is 9.99. The Labute approximate surface area is 213 Å². The number of amides is 1. The van der Waals surface area contributed by atoms with Gasteiger partial charge >= 0.3 is 0 Å². The second-order valence-corrected chi connectivity index (χ2v) is 11.5. The molecule has 1 aliphatic rings. The number of piperidine rings is 1. The van der Waals surface area contributed by atoms with Crippen molar-refractivity contribution in [3.8, 4) is 16.8 Å². The predicted molar refractivity (Wildman–Crippen MR) is 146 cm³/mol. The van der Waals surface area contributed by atoms with Crippen LogP contribution >= 0.6 is 23.1 Å². The van der Waals surface area contributed by atoms with Gasteiger partial charge in [0.25, 0.3) is 5.56 Å². The summed E-state index contributed by atoms with van der Waals surface area (Å²) < 4.78 is 1.70. The van der Waals surface area contributed by atoms with E-state index in [4.69, 9.17) is 4.98 Å². The number of likely N-dealkylation sites (tertiary alicyclic amines) is 1. The molecule has 0 spiro atoms. The van der Waals surface area contributed by atoms with E-state index in [0.717, 1.165) is 48.3 Å². The molecule has 3 heterocycles. The van der Waals surface area contributed by atoms with Crippen LogP contribution in [0.3, 0.4) is 0 Å². The fourth-order valence-corrected chi connectivity index (χ4v) is 6.60. The highest BCUT2D eigenvalue weighted by atomic mass is 32.2. The van der Waals surface area contributed by atoms with Crippen LogP contribution in [0.15, 0.2) is 69.9 Å². The summed E-state index contributed by atoms with van der Waals surface area (Å²) in [6.07, 6.45) is 2.08. The van der Waals surface area contributed by atoms with Crippen molar-refractivity contribution >= 4 is 39.2 Å². The fraction of sp³-hybridized carbons (Fsp3) is 0.321. The predicted octanol–water partition coefficient (Wildman–Crippen LogP) is 6.16. The van der Waals surface area contributed by atoms with Gasteiger partial charge in [-0.05, 0) is 49.8 Å². The van der Waals surface area contributed by atoms with Crippen LogP contribution in [0.2, 0.25) is 0 Å². The van der Waals surface area contributed by atoms with E-state index in [-0.39, 0.29) is 16.7 Å². The number of rotatable bonds is 5. The molecule has 7 heteroatoms. The zero-order valence-corrected chi connectivity index (χ0v) is 21.9. The van der Waals surface area contributed by atoms with Crippen molar-refractivity contribution < 1.29 is 4.79 Å². The number of fused-ring (bicyclic) bond motifs is 1. The lowest BCUT2D eigenvalue weighted by Crippen LogP contribution is -2.42. The van der Waals surface area contributed by atoms with E-state index in [0.29, 0.717) is 21.3 Å². The van der Waals surface area contributed by atoms with Gasteiger partial charge in [0.15, 0.2) is 5.16 Å². The van der Waals surface area contributed by atoms with Crippen molar-refractivity contribution in [2.45, 2.75) is 44.0 Å². The van der Waals surface area contributed by atoms with Gasteiger partial charge in [-0.2, -0.15) is 0 Å². The molecule has 1 fully saturated rings. The monoisotopic (exact) mass is 503 g/mol. The normalized spacial score (nSPS) is 15.5. The van der Waals surface area contributed by atoms with E-state index in [2.05, 4.69) is 6.92 Å². The Morgan fingerprint density at radius 2 is 1.77 bits per heavy atom. The summed E-state index contributed by atoms with van der Waals surface area (Å²) in [6.45, 7) is 7.76. The van der Waals surface area contributed by atoms with E-state index >= 15 is 0 Å². The van der Waals surface area contributed by atoms with E-state index in [9.17, 15) is 9.59 Å².